The second kappa shape index (κ2) is 5.19. The molecule has 94 valence electrons. The highest BCUT2D eigenvalue weighted by molar-refractivity contribution is 5.15. The molecular formula is C15H24N2. The summed E-state index contributed by atoms with van der Waals surface area (Å²) in [7, 11) is 0. The molecule has 1 N–H and O–H groups in total. The number of nitrogens with one attached hydrogen (secondary N) is 1. The predicted molar refractivity (Wildman–Crippen MR) is 73.0 cm³/mol. The Morgan fingerprint density at radius 2 is 2.00 bits per heavy atom. The Bertz CT molecular complexity index is 345. The summed E-state index contributed by atoms with van der Waals surface area (Å²) in [6.07, 6.45) is 0. The summed E-state index contributed by atoms with van der Waals surface area (Å²) < 4.78 is 0. The van der Waals surface area contributed by atoms with Crippen molar-refractivity contribution in [2.24, 2.45) is 5.92 Å². The second-order valence-electron chi connectivity index (χ2n) is 5.91. The minimum absolute atomic E-state index is 0.237. The van der Waals surface area contributed by atoms with Crippen LogP contribution in [-0.4, -0.2) is 30.1 Å². The van der Waals surface area contributed by atoms with Crippen LogP contribution in [0.4, 0.5) is 0 Å². The van der Waals surface area contributed by atoms with Gasteiger partial charge in [0.2, 0.25) is 0 Å². The van der Waals surface area contributed by atoms with Crippen LogP contribution < -0.4 is 5.32 Å². The summed E-state index contributed by atoms with van der Waals surface area (Å²) in [5, 5.41) is 3.56. The van der Waals surface area contributed by atoms with Gasteiger partial charge in [-0.05, 0) is 31.9 Å². The van der Waals surface area contributed by atoms with Crippen LogP contribution in [0.3, 0.4) is 0 Å². The molecule has 0 radical (unpaired) electrons. The predicted octanol–water partition coefficient (Wildman–Crippen LogP) is 2.51. The maximum atomic E-state index is 3.56. The number of benzene rings is 1. The fraction of sp³-hybridized carbons (Fsp3) is 0.600. The Balaban J connectivity index is 2.11. The van der Waals surface area contributed by atoms with Gasteiger partial charge in [0.1, 0.15) is 0 Å². The van der Waals surface area contributed by atoms with Gasteiger partial charge in [-0.15, -0.1) is 0 Å². The molecule has 0 bridgehead atoms. The van der Waals surface area contributed by atoms with E-state index in [1.165, 1.54) is 12.1 Å². The van der Waals surface area contributed by atoms with Gasteiger partial charge in [-0.3, -0.25) is 4.90 Å². The number of hydrogen-bond acceptors (Lipinski definition) is 2. The molecule has 2 rings (SSSR count). The molecule has 0 spiro atoms. The maximum absolute atomic E-state index is 3.56. The average molecular weight is 232 g/mol. The van der Waals surface area contributed by atoms with E-state index in [0.717, 1.165) is 25.6 Å². The summed E-state index contributed by atoms with van der Waals surface area (Å²) in [6, 6.07) is 10.8. The lowest BCUT2D eigenvalue weighted by Crippen LogP contribution is -2.48. The Morgan fingerprint density at radius 1 is 1.29 bits per heavy atom. The molecule has 0 aromatic heterocycles. The van der Waals surface area contributed by atoms with Crippen LogP contribution in [0.2, 0.25) is 0 Å². The van der Waals surface area contributed by atoms with E-state index >= 15 is 0 Å². The zero-order valence-corrected chi connectivity index (χ0v) is 11.2. The van der Waals surface area contributed by atoms with Crippen molar-refractivity contribution < 1.29 is 0 Å². The Hall–Kier alpha value is -0.860. The molecule has 0 saturated carbocycles. The van der Waals surface area contributed by atoms with Crippen molar-refractivity contribution in [1.82, 2.24) is 10.2 Å². The Kier molecular flexibility index (Phi) is 3.85. The smallest absolute Gasteiger partial charge is 0.0281 e. The zero-order valence-electron chi connectivity index (χ0n) is 11.2. The average Bonchev–Trinajstić information content (AvgIpc) is 2.40. The van der Waals surface area contributed by atoms with Crippen LogP contribution in [0.25, 0.3) is 0 Å². The molecule has 1 saturated heterocycles. The quantitative estimate of drug-likeness (QED) is 0.843. The fourth-order valence-corrected chi connectivity index (χ4v) is 2.51. The summed E-state index contributed by atoms with van der Waals surface area (Å²) in [6.45, 7) is 11.4. The van der Waals surface area contributed by atoms with Gasteiger partial charge < -0.3 is 5.32 Å². The largest absolute Gasteiger partial charge is 0.315 e. The van der Waals surface area contributed by atoms with Gasteiger partial charge in [0, 0.05) is 25.2 Å². The fourth-order valence-electron chi connectivity index (χ4n) is 2.51. The van der Waals surface area contributed by atoms with Gasteiger partial charge in [-0.1, -0.05) is 37.3 Å². The van der Waals surface area contributed by atoms with E-state index in [1.807, 2.05) is 0 Å². The first kappa shape index (κ1) is 12.6. The normalized spacial score (nSPS) is 25.5. The standard InChI is InChI=1S/C15H24N2/c1-13-9-16-12-15(2,3)17(10-13)11-14-7-5-4-6-8-14/h4-8,13,16H,9-12H2,1-3H3. The van der Waals surface area contributed by atoms with Gasteiger partial charge in [0.05, 0.1) is 0 Å². The van der Waals surface area contributed by atoms with E-state index in [1.54, 1.807) is 0 Å². The second-order valence-corrected chi connectivity index (χ2v) is 5.91. The molecule has 0 aliphatic carbocycles. The lowest BCUT2D eigenvalue weighted by molar-refractivity contribution is 0.114. The zero-order chi connectivity index (χ0) is 12.3. The van der Waals surface area contributed by atoms with E-state index in [4.69, 9.17) is 0 Å². The van der Waals surface area contributed by atoms with Crippen molar-refractivity contribution in [2.75, 3.05) is 19.6 Å². The molecule has 2 heteroatoms. The van der Waals surface area contributed by atoms with Crippen molar-refractivity contribution in [2.45, 2.75) is 32.9 Å². The number of rotatable bonds is 2. The first-order valence-electron chi connectivity index (χ1n) is 6.57. The van der Waals surface area contributed by atoms with Gasteiger partial charge in [0.15, 0.2) is 0 Å². The molecule has 1 aromatic carbocycles. The molecule has 1 aliphatic rings. The van der Waals surface area contributed by atoms with E-state index in [2.05, 4.69) is 61.3 Å². The molecule has 1 aliphatic heterocycles. The van der Waals surface area contributed by atoms with Crippen LogP contribution in [0.1, 0.15) is 26.3 Å². The molecule has 1 atom stereocenters. The molecule has 17 heavy (non-hydrogen) atoms. The summed E-state index contributed by atoms with van der Waals surface area (Å²) in [5.74, 6) is 0.723. The first-order chi connectivity index (χ1) is 8.08. The van der Waals surface area contributed by atoms with E-state index in [-0.39, 0.29) is 5.54 Å². The SMILES string of the molecule is CC1CNCC(C)(C)N(Cc2ccccc2)C1. The third kappa shape index (κ3) is 3.30. The molecule has 1 unspecified atom stereocenters. The lowest BCUT2D eigenvalue weighted by Gasteiger charge is -2.37. The van der Waals surface area contributed by atoms with Gasteiger partial charge in [0.25, 0.3) is 0 Å². The highest BCUT2D eigenvalue weighted by Crippen LogP contribution is 2.21. The molecule has 1 fully saturated rings. The summed E-state index contributed by atoms with van der Waals surface area (Å²) in [4.78, 5) is 2.60. The van der Waals surface area contributed by atoms with E-state index in [0.29, 0.717) is 0 Å². The van der Waals surface area contributed by atoms with Crippen LogP contribution in [0.15, 0.2) is 30.3 Å². The van der Waals surface area contributed by atoms with Crippen molar-refractivity contribution in [3.63, 3.8) is 0 Å². The highest BCUT2D eigenvalue weighted by Gasteiger charge is 2.30. The van der Waals surface area contributed by atoms with Crippen molar-refractivity contribution in [1.29, 1.82) is 0 Å². The molecule has 2 nitrogen and oxygen atoms in total. The third-order valence-corrected chi connectivity index (χ3v) is 3.65. The third-order valence-electron chi connectivity index (χ3n) is 3.65. The molecule has 0 amide bonds. The Morgan fingerprint density at radius 3 is 2.71 bits per heavy atom. The van der Waals surface area contributed by atoms with Crippen LogP contribution in [-0.2, 0) is 6.54 Å². The van der Waals surface area contributed by atoms with E-state index < -0.39 is 0 Å². The minimum atomic E-state index is 0.237. The van der Waals surface area contributed by atoms with Crippen LogP contribution in [0.5, 0.6) is 0 Å². The van der Waals surface area contributed by atoms with Gasteiger partial charge >= 0.3 is 0 Å². The highest BCUT2D eigenvalue weighted by atomic mass is 15.2. The lowest BCUT2D eigenvalue weighted by atomic mass is 10.0. The van der Waals surface area contributed by atoms with Crippen LogP contribution >= 0.6 is 0 Å². The van der Waals surface area contributed by atoms with Gasteiger partial charge in [-0.25, -0.2) is 0 Å². The maximum Gasteiger partial charge on any atom is 0.0281 e. The topological polar surface area (TPSA) is 15.3 Å². The van der Waals surface area contributed by atoms with E-state index in [9.17, 15) is 0 Å². The molecule has 1 heterocycles. The molecular weight excluding hydrogens is 208 g/mol. The van der Waals surface area contributed by atoms with Crippen molar-refractivity contribution >= 4 is 0 Å². The van der Waals surface area contributed by atoms with Crippen LogP contribution in [0, 0.1) is 5.92 Å². The van der Waals surface area contributed by atoms with Crippen molar-refractivity contribution in [3.8, 4) is 0 Å². The van der Waals surface area contributed by atoms with Gasteiger partial charge in [-0.2, -0.15) is 0 Å². The Labute approximate surface area is 105 Å². The number of hydrogen-bond donors (Lipinski definition) is 1. The molecule has 1 aromatic rings. The first-order valence-corrected chi connectivity index (χ1v) is 6.57. The summed E-state index contributed by atoms with van der Waals surface area (Å²) >= 11 is 0. The summed E-state index contributed by atoms with van der Waals surface area (Å²) in [5.41, 5.74) is 1.65. The minimum Gasteiger partial charge on any atom is -0.315 e. The number of nitrogens with zero attached hydrogens (tertiary/aromatic N) is 1. The monoisotopic (exact) mass is 232 g/mol. The van der Waals surface area contributed by atoms with Crippen molar-refractivity contribution in [3.05, 3.63) is 35.9 Å².